The zero-order chi connectivity index (χ0) is 28.8. The molecule has 0 aromatic heterocycles. The molecule has 11 heteroatoms. The van der Waals surface area contributed by atoms with Crippen molar-refractivity contribution in [3.63, 3.8) is 0 Å². The number of anilines is 1. The molecule has 204 valence electrons. The highest BCUT2D eigenvalue weighted by atomic mass is 19.4. The van der Waals surface area contributed by atoms with Crippen LogP contribution >= 0.6 is 0 Å². The third kappa shape index (κ3) is 4.93. The van der Waals surface area contributed by atoms with E-state index in [1.807, 2.05) is 6.92 Å². The molecule has 3 aromatic rings. The summed E-state index contributed by atoms with van der Waals surface area (Å²) in [6.07, 6.45) is -6.47. The molecule has 0 saturated heterocycles. The van der Waals surface area contributed by atoms with Gasteiger partial charge in [-0.2, -0.15) is 18.3 Å². The minimum absolute atomic E-state index is 0.0436. The van der Waals surface area contributed by atoms with Crippen molar-refractivity contribution in [1.29, 1.82) is 0 Å². The SMILES string of the molecule is Cc1ccc(C2=C(O)CC(NN=C3C(=O)Nc4cccc(-c5cccc(C(=O)O)c5)c43)N=C2C(F)(F)F)cc1C. The van der Waals surface area contributed by atoms with Crippen LogP contribution in [0.5, 0.6) is 0 Å². The van der Waals surface area contributed by atoms with Crippen molar-refractivity contribution in [2.45, 2.75) is 32.6 Å². The maximum atomic E-state index is 14.1. The maximum Gasteiger partial charge on any atom is 0.433 e. The van der Waals surface area contributed by atoms with Crippen LogP contribution in [0, 0.1) is 13.8 Å². The van der Waals surface area contributed by atoms with Crippen LogP contribution in [0.25, 0.3) is 16.7 Å². The number of nitrogens with zero attached hydrogens (tertiary/aromatic N) is 2. The van der Waals surface area contributed by atoms with E-state index in [-0.39, 0.29) is 23.3 Å². The number of carboxylic acids is 1. The number of amides is 1. The first-order chi connectivity index (χ1) is 18.9. The summed E-state index contributed by atoms with van der Waals surface area (Å²) >= 11 is 0. The molecule has 0 saturated carbocycles. The number of hydrogen-bond donors (Lipinski definition) is 4. The van der Waals surface area contributed by atoms with Gasteiger partial charge in [0.15, 0.2) is 11.4 Å². The Hall–Kier alpha value is -4.93. The topological polar surface area (TPSA) is 123 Å². The summed E-state index contributed by atoms with van der Waals surface area (Å²) in [6, 6.07) is 15.9. The van der Waals surface area contributed by atoms with Gasteiger partial charge in [0.05, 0.1) is 11.3 Å². The first-order valence-electron chi connectivity index (χ1n) is 12.2. The number of aryl methyl sites for hydroxylation is 2. The van der Waals surface area contributed by atoms with Crippen LogP contribution in [0.4, 0.5) is 18.9 Å². The summed E-state index contributed by atoms with van der Waals surface area (Å²) in [5.41, 5.74) is 4.43. The average Bonchev–Trinajstić information content (AvgIpc) is 3.23. The van der Waals surface area contributed by atoms with Crippen molar-refractivity contribution in [3.05, 3.63) is 94.2 Å². The smallest absolute Gasteiger partial charge is 0.433 e. The number of carbonyl (C=O) groups excluding carboxylic acids is 1. The first-order valence-corrected chi connectivity index (χ1v) is 12.2. The predicted molar refractivity (Wildman–Crippen MR) is 144 cm³/mol. The van der Waals surface area contributed by atoms with Crippen LogP contribution in [0.3, 0.4) is 0 Å². The van der Waals surface area contributed by atoms with E-state index in [1.165, 1.54) is 18.2 Å². The van der Waals surface area contributed by atoms with Gasteiger partial charge in [-0.1, -0.05) is 42.5 Å². The highest BCUT2D eigenvalue weighted by molar-refractivity contribution is 6.54. The van der Waals surface area contributed by atoms with E-state index in [2.05, 4.69) is 20.8 Å². The number of aliphatic imine (C=N–C) groups is 1. The number of carboxylic acid groups (broad SMARTS) is 1. The van der Waals surface area contributed by atoms with E-state index in [4.69, 9.17) is 0 Å². The van der Waals surface area contributed by atoms with Crippen LogP contribution in [-0.2, 0) is 4.79 Å². The quantitative estimate of drug-likeness (QED) is 0.309. The number of hydrogen-bond acceptors (Lipinski definition) is 6. The van der Waals surface area contributed by atoms with Gasteiger partial charge in [0.25, 0.3) is 5.91 Å². The second-order valence-electron chi connectivity index (χ2n) is 9.47. The van der Waals surface area contributed by atoms with E-state index in [0.29, 0.717) is 22.4 Å². The van der Waals surface area contributed by atoms with E-state index >= 15 is 0 Å². The number of aliphatic hydroxyl groups is 1. The molecule has 8 nitrogen and oxygen atoms in total. The zero-order valence-corrected chi connectivity index (χ0v) is 21.3. The molecule has 2 heterocycles. The molecule has 4 N–H and O–H groups in total. The second-order valence-corrected chi connectivity index (χ2v) is 9.47. The van der Waals surface area contributed by atoms with E-state index in [1.54, 1.807) is 49.4 Å². The average molecular weight is 549 g/mol. The summed E-state index contributed by atoms with van der Waals surface area (Å²) in [7, 11) is 0. The zero-order valence-electron chi connectivity index (χ0n) is 21.3. The molecule has 0 aliphatic carbocycles. The summed E-state index contributed by atoms with van der Waals surface area (Å²) in [5.74, 6) is -2.23. The monoisotopic (exact) mass is 548 g/mol. The highest BCUT2D eigenvalue weighted by Crippen LogP contribution is 2.36. The number of aromatic carboxylic acids is 1. The number of alkyl halides is 3. The Morgan fingerprint density at radius 2 is 1.80 bits per heavy atom. The number of aliphatic hydroxyl groups excluding tert-OH is 1. The summed E-state index contributed by atoms with van der Waals surface area (Å²) < 4.78 is 42.3. The molecular weight excluding hydrogens is 525 g/mol. The molecule has 1 atom stereocenters. The normalized spacial score (nSPS) is 17.9. The van der Waals surface area contributed by atoms with E-state index in [0.717, 1.165) is 11.1 Å². The molecule has 0 fully saturated rings. The standard InChI is InChI=1S/C29H23F3N4O4/c1-14-9-10-17(11-15(14)2)23-21(37)13-22(34-26(23)29(30,31)32)35-36-25-24-19(7-4-8-20(24)33-27(25)38)16-5-3-6-18(12-16)28(39)40/h3-12,22,35,37H,13H2,1-2H3,(H,39,40)(H,33,36,38). The Labute approximate surface area is 226 Å². The molecule has 1 amide bonds. The van der Waals surface area contributed by atoms with Crippen LogP contribution in [0.1, 0.15) is 39.0 Å². The van der Waals surface area contributed by atoms with Gasteiger partial charge in [-0.15, -0.1) is 0 Å². The number of rotatable bonds is 5. The lowest BCUT2D eigenvalue weighted by atomic mass is 9.93. The van der Waals surface area contributed by atoms with E-state index < -0.39 is 41.3 Å². The fourth-order valence-electron chi connectivity index (χ4n) is 4.69. The number of benzene rings is 3. The third-order valence-electron chi connectivity index (χ3n) is 6.77. The van der Waals surface area contributed by atoms with Crippen molar-refractivity contribution in [2.24, 2.45) is 10.1 Å². The number of hydrazone groups is 1. The van der Waals surface area contributed by atoms with Crippen LogP contribution < -0.4 is 10.7 Å². The molecule has 2 aliphatic rings. The fraction of sp³-hybridized carbons (Fsp3) is 0.172. The Balaban J connectivity index is 1.51. The van der Waals surface area contributed by atoms with Gasteiger partial charge in [-0.25, -0.2) is 4.79 Å². The minimum Gasteiger partial charge on any atom is -0.511 e. The Morgan fingerprint density at radius 3 is 2.50 bits per heavy atom. The largest absolute Gasteiger partial charge is 0.511 e. The molecule has 5 rings (SSSR count). The van der Waals surface area contributed by atoms with Crippen LogP contribution in [0.2, 0.25) is 0 Å². The van der Waals surface area contributed by atoms with Gasteiger partial charge in [0, 0.05) is 17.6 Å². The lowest BCUT2D eigenvalue weighted by molar-refractivity contribution is -0.110. The molecule has 0 spiro atoms. The number of nitrogens with one attached hydrogen (secondary N) is 2. The van der Waals surface area contributed by atoms with Crippen LogP contribution in [0.15, 0.2) is 76.5 Å². The predicted octanol–water partition coefficient (Wildman–Crippen LogP) is 5.62. The van der Waals surface area contributed by atoms with Gasteiger partial charge < -0.3 is 15.5 Å². The lowest BCUT2D eigenvalue weighted by Crippen LogP contribution is -2.36. The number of carbonyl (C=O) groups is 2. The summed E-state index contributed by atoms with van der Waals surface area (Å²) in [5, 5.41) is 26.9. The Kier molecular flexibility index (Phi) is 6.66. The molecule has 0 radical (unpaired) electrons. The van der Waals surface area contributed by atoms with Gasteiger partial charge in [0.2, 0.25) is 0 Å². The molecule has 3 aromatic carbocycles. The lowest BCUT2D eigenvalue weighted by Gasteiger charge is -2.25. The maximum absolute atomic E-state index is 14.1. The van der Waals surface area contributed by atoms with Gasteiger partial charge >= 0.3 is 12.1 Å². The first kappa shape index (κ1) is 26.7. The molecule has 2 aliphatic heterocycles. The Morgan fingerprint density at radius 1 is 1.05 bits per heavy atom. The molecule has 1 unspecified atom stereocenters. The Bertz CT molecular complexity index is 1660. The number of allylic oxidation sites excluding steroid dienone is 1. The molecule has 40 heavy (non-hydrogen) atoms. The fourth-order valence-corrected chi connectivity index (χ4v) is 4.69. The van der Waals surface area contributed by atoms with Gasteiger partial charge in [-0.05, 0) is 59.9 Å². The van der Waals surface area contributed by atoms with Crippen molar-refractivity contribution in [1.82, 2.24) is 5.43 Å². The third-order valence-corrected chi connectivity index (χ3v) is 6.77. The number of dihydropyridines is 1. The number of halogens is 3. The summed E-state index contributed by atoms with van der Waals surface area (Å²) in [4.78, 5) is 28.1. The minimum atomic E-state index is -4.87. The van der Waals surface area contributed by atoms with Crippen molar-refractivity contribution < 1.29 is 33.0 Å². The molecule has 0 bridgehead atoms. The van der Waals surface area contributed by atoms with Crippen molar-refractivity contribution in [3.8, 4) is 11.1 Å². The van der Waals surface area contributed by atoms with E-state index in [9.17, 15) is 33.0 Å². The summed E-state index contributed by atoms with van der Waals surface area (Å²) in [6.45, 7) is 3.60. The molecular formula is C29H23F3N4O4. The van der Waals surface area contributed by atoms with Gasteiger partial charge in [-0.3, -0.25) is 15.2 Å². The van der Waals surface area contributed by atoms with Crippen molar-refractivity contribution in [2.75, 3.05) is 5.32 Å². The van der Waals surface area contributed by atoms with Crippen LogP contribution in [-0.4, -0.2) is 45.9 Å². The number of fused-ring (bicyclic) bond motifs is 1. The second kappa shape index (κ2) is 9.99. The van der Waals surface area contributed by atoms with Gasteiger partial charge in [0.1, 0.15) is 11.9 Å². The van der Waals surface area contributed by atoms with Crippen molar-refractivity contribution >= 4 is 34.6 Å². The highest BCUT2D eigenvalue weighted by Gasteiger charge is 2.43.